The number of rotatable bonds is 1. The van der Waals surface area contributed by atoms with E-state index in [1.54, 1.807) is 0 Å². The van der Waals surface area contributed by atoms with E-state index in [4.69, 9.17) is 5.11 Å². The number of carbonyl (C=O) groups is 1. The Morgan fingerprint density at radius 1 is 1.47 bits per heavy atom. The molecule has 1 saturated carbocycles. The lowest BCUT2D eigenvalue weighted by Gasteiger charge is -2.35. The fourth-order valence-electron chi connectivity index (χ4n) is 2.29. The van der Waals surface area contributed by atoms with Crippen LogP contribution >= 0.6 is 24.2 Å². The van der Waals surface area contributed by atoms with Crippen LogP contribution in [0.5, 0.6) is 0 Å². The number of halogens is 1. The van der Waals surface area contributed by atoms with E-state index in [9.17, 15) is 4.79 Å². The molecule has 2 fully saturated rings. The summed E-state index contributed by atoms with van der Waals surface area (Å²) in [5.74, 6) is 0.837. The quantitative estimate of drug-likeness (QED) is 0.750. The SMILES string of the molecule is CC1CCC2(CC1)N[C@H](C(=O)O)CS2.Cl. The molecule has 1 aliphatic carbocycles. The second-order valence-corrected chi connectivity index (χ2v) is 5.93. The average Bonchev–Trinajstić information content (AvgIpc) is 2.56. The molecular formula is C10H18ClNO2S. The van der Waals surface area contributed by atoms with Crippen LogP contribution in [0.1, 0.15) is 32.6 Å². The van der Waals surface area contributed by atoms with Gasteiger partial charge in [0.05, 0.1) is 4.87 Å². The summed E-state index contributed by atoms with van der Waals surface area (Å²) in [5, 5.41) is 12.2. The van der Waals surface area contributed by atoms with Gasteiger partial charge in [-0.2, -0.15) is 0 Å². The summed E-state index contributed by atoms with van der Waals surface area (Å²) in [4.78, 5) is 10.9. The zero-order valence-corrected chi connectivity index (χ0v) is 10.5. The van der Waals surface area contributed by atoms with Gasteiger partial charge in [0.1, 0.15) is 6.04 Å². The van der Waals surface area contributed by atoms with E-state index in [1.807, 2.05) is 11.8 Å². The van der Waals surface area contributed by atoms with Crippen molar-refractivity contribution < 1.29 is 9.90 Å². The highest BCUT2D eigenvalue weighted by Crippen LogP contribution is 2.43. The van der Waals surface area contributed by atoms with Gasteiger partial charge in [0.2, 0.25) is 0 Å². The van der Waals surface area contributed by atoms with Crippen LogP contribution in [0.15, 0.2) is 0 Å². The zero-order valence-electron chi connectivity index (χ0n) is 8.86. The molecule has 88 valence electrons. The van der Waals surface area contributed by atoms with Crippen LogP contribution in [-0.4, -0.2) is 27.7 Å². The lowest BCUT2D eigenvalue weighted by molar-refractivity contribution is -0.139. The smallest absolute Gasteiger partial charge is 0.321 e. The van der Waals surface area contributed by atoms with Gasteiger partial charge in [-0.1, -0.05) is 6.92 Å². The maximum absolute atomic E-state index is 10.8. The molecule has 0 radical (unpaired) electrons. The van der Waals surface area contributed by atoms with Crippen LogP contribution in [0, 0.1) is 5.92 Å². The van der Waals surface area contributed by atoms with Crippen LogP contribution in [0.4, 0.5) is 0 Å². The third-order valence-electron chi connectivity index (χ3n) is 3.34. The van der Waals surface area contributed by atoms with Gasteiger partial charge < -0.3 is 5.11 Å². The van der Waals surface area contributed by atoms with Crippen LogP contribution in [0.2, 0.25) is 0 Å². The predicted octanol–water partition coefficient (Wildman–Crippen LogP) is 2.10. The summed E-state index contributed by atoms with van der Waals surface area (Å²) in [7, 11) is 0. The topological polar surface area (TPSA) is 49.3 Å². The molecule has 15 heavy (non-hydrogen) atoms. The Kier molecular flexibility index (Phi) is 4.32. The van der Waals surface area contributed by atoms with E-state index in [0.29, 0.717) is 0 Å². The summed E-state index contributed by atoms with van der Waals surface area (Å²) < 4.78 is 0. The first kappa shape index (κ1) is 13.1. The van der Waals surface area contributed by atoms with Gasteiger partial charge >= 0.3 is 5.97 Å². The molecule has 3 nitrogen and oxygen atoms in total. The molecule has 0 bridgehead atoms. The zero-order chi connectivity index (χ0) is 10.2. The normalized spacial score (nSPS) is 40.1. The Morgan fingerprint density at radius 3 is 2.53 bits per heavy atom. The molecule has 1 saturated heterocycles. The minimum atomic E-state index is -0.701. The third kappa shape index (κ3) is 2.80. The molecule has 2 N–H and O–H groups in total. The van der Waals surface area contributed by atoms with Gasteiger partial charge in [-0.3, -0.25) is 10.1 Å². The molecule has 1 aliphatic heterocycles. The summed E-state index contributed by atoms with van der Waals surface area (Å²) in [6, 6.07) is -0.326. The van der Waals surface area contributed by atoms with Gasteiger partial charge in [-0.15, -0.1) is 24.2 Å². The van der Waals surface area contributed by atoms with Crippen molar-refractivity contribution in [3.8, 4) is 0 Å². The molecule has 0 aromatic heterocycles. The minimum Gasteiger partial charge on any atom is -0.480 e. The van der Waals surface area contributed by atoms with Crippen molar-refractivity contribution in [2.45, 2.75) is 43.5 Å². The number of hydrogen-bond donors (Lipinski definition) is 2. The highest BCUT2D eigenvalue weighted by Gasteiger charge is 2.43. The number of carboxylic acid groups (broad SMARTS) is 1. The van der Waals surface area contributed by atoms with E-state index < -0.39 is 5.97 Å². The molecule has 1 spiro atoms. The van der Waals surface area contributed by atoms with Gasteiger partial charge in [0.25, 0.3) is 0 Å². The second-order valence-electron chi connectivity index (χ2n) is 4.52. The van der Waals surface area contributed by atoms with Crippen molar-refractivity contribution >= 4 is 30.1 Å². The predicted molar refractivity (Wildman–Crippen MR) is 64.6 cm³/mol. The highest BCUT2D eigenvalue weighted by molar-refractivity contribution is 8.00. The Bertz CT molecular complexity index is 242. The van der Waals surface area contributed by atoms with E-state index in [-0.39, 0.29) is 23.3 Å². The van der Waals surface area contributed by atoms with E-state index in [1.165, 1.54) is 12.8 Å². The maximum Gasteiger partial charge on any atom is 0.321 e. The third-order valence-corrected chi connectivity index (χ3v) is 4.92. The van der Waals surface area contributed by atoms with Crippen molar-refractivity contribution in [1.82, 2.24) is 5.32 Å². The largest absolute Gasteiger partial charge is 0.480 e. The van der Waals surface area contributed by atoms with Gasteiger partial charge in [0, 0.05) is 5.75 Å². The molecule has 5 heteroatoms. The van der Waals surface area contributed by atoms with E-state index in [0.717, 1.165) is 24.5 Å². The van der Waals surface area contributed by atoms with Crippen molar-refractivity contribution in [2.75, 3.05) is 5.75 Å². The Morgan fingerprint density at radius 2 is 2.07 bits per heavy atom. The van der Waals surface area contributed by atoms with Crippen molar-refractivity contribution in [1.29, 1.82) is 0 Å². The maximum atomic E-state index is 10.8. The lowest BCUT2D eigenvalue weighted by atomic mass is 9.86. The number of carboxylic acids is 1. The van der Waals surface area contributed by atoms with E-state index in [2.05, 4.69) is 12.2 Å². The van der Waals surface area contributed by atoms with Crippen molar-refractivity contribution in [2.24, 2.45) is 5.92 Å². The molecule has 0 aromatic carbocycles. The molecule has 2 rings (SSSR count). The number of thioether (sulfide) groups is 1. The fourth-order valence-corrected chi connectivity index (χ4v) is 3.76. The van der Waals surface area contributed by atoms with Gasteiger partial charge in [0.15, 0.2) is 0 Å². The van der Waals surface area contributed by atoms with E-state index >= 15 is 0 Å². The molecular weight excluding hydrogens is 234 g/mol. The molecule has 1 atom stereocenters. The first-order valence-electron chi connectivity index (χ1n) is 5.26. The number of aliphatic carboxylic acids is 1. The monoisotopic (exact) mass is 251 g/mol. The number of nitrogens with one attached hydrogen (secondary N) is 1. The lowest BCUT2D eigenvalue weighted by Crippen LogP contribution is -2.46. The molecule has 0 amide bonds. The molecule has 0 unspecified atom stereocenters. The van der Waals surface area contributed by atoms with Gasteiger partial charge in [-0.25, -0.2) is 0 Å². The van der Waals surface area contributed by atoms with Crippen molar-refractivity contribution in [3.63, 3.8) is 0 Å². The Labute approximate surface area is 101 Å². The summed E-state index contributed by atoms with van der Waals surface area (Å²) in [5.41, 5.74) is 0. The van der Waals surface area contributed by atoms with Crippen molar-refractivity contribution in [3.05, 3.63) is 0 Å². The van der Waals surface area contributed by atoms with Crippen LogP contribution in [0.25, 0.3) is 0 Å². The molecule has 1 heterocycles. The standard InChI is InChI=1S/C10H17NO2S.ClH/c1-7-2-4-10(5-3-7)11-8(6-14-10)9(12)13;/h7-8,11H,2-6H2,1H3,(H,12,13);1H/t7?,8-,10?;/m0./s1. The van der Waals surface area contributed by atoms with Crippen LogP contribution < -0.4 is 5.32 Å². The highest BCUT2D eigenvalue weighted by atomic mass is 35.5. The van der Waals surface area contributed by atoms with Gasteiger partial charge in [-0.05, 0) is 31.6 Å². The summed E-state index contributed by atoms with van der Waals surface area (Å²) in [6.07, 6.45) is 4.71. The number of hydrogen-bond acceptors (Lipinski definition) is 3. The molecule has 2 aliphatic rings. The first-order chi connectivity index (χ1) is 6.61. The first-order valence-corrected chi connectivity index (χ1v) is 6.24. The average molecular weight is 252 g/mol. The molecule has 0 aromatic rings. The fraction of sp³-hybridized carbons (Fsp3) is 0.900. The Balaban J connectivity index is 0.00000112. The Hall–Kier alpha value is 0.0700. The second kappa shape index (κ2) is 4.93. The minimum absolute atomic E-state index is 0. The summed E-state index contributed by atoms with van der Waals surface area (Å²) in [6.45, 7) is 2.28. The van der Waals surface area contributed by atoms with Crippen LogP contribution in [0.3, 0.4) is 0 Å². The van der Waals surface area contributed by atoms with Crippen LogP contribution in [-0.2, 0) is 4.79 Å². The summed E-state index contributed by atoms with van der Waals surface area (Å²) >= 11 is 1.81.